The van der Waals surface area contributed by atoms with Crippen molar-refractivity contribution in [3.63, 3.8) is 0 Å². The van der Waals surface area contributed by atoms with Crippen LogP contribution in [0.1, 0.15) is 27.7 Å². The van der Waals surface area contributed by atoms with Crippen LogP contribution in [-0.4, -0.2) is 26.2 Å². The fraction of sp³-hybridized carbons (Fsp3) is 0.625. The molecule has 2 rings (SSSR count). The van der Waals surface area contributed by atoms with Crippen LogP contribution in [-0.2, 0) is 19.1 Å². The van der Waals surface area contributed by atoms with E-state index in [-0.39, 0.29) is 17.3 Å². The predicted octanol–water partition coefficient (Wildman–Crippen LogP) is 2.50. The number of hydrogen-bond donors (Lipinski definition) is 0. The van der Waals surface area contributed by atoms with Gasteiger partial charge in [0.15, 0.2) is 5.41 Å². The van der Waals surface area contributed by atoms with Gasteiger partial charge in [-0.05, 0) is 37.7 Å². The van der Waals surface area contributed by atoms with Crippen molar-refractivity contribution in [3.8, 4) is 0 Å². The first-order valence-electron chi connectivity index (χ1n) is 6.82. The Morgan fingerprint density at radius 3 is 2.00 bits per heavy atom. The highest BCUT2D eigenvalue weighted by Gasteiger charge is 2.86. The molecule has 0 saturated heterocycles. The van der Waals surface area contributed by atoms with Crippen molar-refractivity contribution in [1.29, 1.82) is 0 Å². The van der Waals surface area contributed by atoms with E-state index < -0.39 is 17.4 Å². The van der Waals surface area contributed by atoms with E-state index in [1.807, 2.05) is 26.8 Å². The van der Waals surface area contributed by atoms with E-state index in [0.29, 0.717) is 0 Å². The largest absolute Gasteiger partial charge is 0.468 e. The van der Waals surface area contributed by atoms with Gasteiger partial charge in [-0.2, -0.15) is 0 Å². The van der Waals surface area contributed by atoms with Crippen LogP contribution in [0, 0.1) is 22.7 Å². The van der Waals surface area contributed by atoms with Gasteiger partial charge < -0.3 is 9.47 Å². The minimum Gasteiger partial charge on any atom is -0.468 e. The molecule has 2 aliphatic carbocycles. The Hall–Kier alpha value is -1.58. The number of allylic oxidation sites excluding steroid dienone is 3. The van der Waals surface area contributed by atoms with Crippen LogP contribution >= 0.6 is 0 Å². The summed E-state index contributed by atoms with van der Waals surface area (Å²) in [6, 6.07) is 0. The summed E-state index contributed by atoms with van der Waals surface area (Å²) >= 11 is 0. The first-order valence-corrected chi connectivity index (χ1v) is 6.82. The molecule has 4 nitrogen and oxygen atoms in total. The average Bonchev–Trinajstić information content (AvgIpc) is 2.87. The third-order valence-electron chi connectivity index (χ3n) is 4.85. The molecule has 3 atom stereocenters. The second kappa shape index (κ2) is 4.47. The molecule has 0 unspecified atom stereocenters. The molecule has 0 aromatic heterocycles. The van der Waals surface area contributed by atoms with E-state index in [9.17, 15) is 9.59 Å². The van der Waals surface area contributed by atoms with Gasteiger partial charge in [0, 0.05) is 5.92 Å². The molecule has 0 aliphatic heterocycles. The Kier molecular flexibility index (Phi) is 3.31. The van der Waals surface area contributed by atoms with E-state index in [2.05, 4.69) is 13.0 Å². The number of carbonyl (C=O) groups excluding carboxylic acids is 2. The molecule has 0 amide bonds. The SMILES string of the molecule is C/C=C\[C@@]1(C)[C@H]2C(=C(C)C)C(C(=O)OC)(C(=O)OC)[C@H]21. The summed E-state index contributed by atoms with van der Waals surface area (Å²) in [6.07, 6.45) is 4.05. The minimum atomic E-state index is -1.25. The number of methoxy groups -OCH3 is 2. The van der Waals surface area contributed by atoms with Gasteiger partial charge in [0.05, 0.1) is 14.2 Å². The number of fused-ring (bicyclic) bond motifs is 1. The molecule has 2 fully saturated rings. The lowest BCUT2D eigenvalue weighted by Gasteiger charge is -2.39. The van der Waals surface area contributed by atoms with E-state index in [4.69, 9.17) is 9.47 Å². The maximum absolute atomic E-state index is 12.4. The number of hydrogen-bond acceptors (Lipinski definition) is 4. The van der Waals surface area contributed by atoms with Crippen molar-refractivity contribution < 1.29 is 19.1 Å². The van der Waals surface area contributed by atoms with Gasteiger partial charge in [-0.15, -0.1) is 0 Å². The summed E-state index contributed by atoms with van der Waals surface area (Å²) in [6.45, 7) is 7.89. The molecule has 0 spiro atoms. The Balaban J connectivity index is 2.60. The van der Waals surface area contributed by atoms with Crippen molar-refractivity contribution >= 4 is 11.9 Å². The van der Waals surface area contributed by atoms with Gasteiger partial charge in [-0.1, -0.05) is 24.6 Å². The third-order valence-corrected chi connectivity index (χ3v) is 4.85. The van der Waals surface area contributed by atoms with Crippen molar-refractivity contribution in [2.45, 2.75) is 27.7 Å². The molecule has 0 radical (unpaired) electrons. The molecule has 110 valence electrons. The van der Waals surface area contributed by atoms with Crippen LogP contribution in [0.4, 0.5) is 0 Å². The van der Waals surface area contributed by atoms with Crippen LogP contribution in [0.15, 0.2) is 23.3 Å². The van der Waals surface area contributed by atoms with Crippen molar-refractivity contribution in [1.82, 2.24) is 0 Å². The normalized spacial score (nSPS) is 33.2. The van der Waals surface area contributed by atoms with Crippen molar-refractivity contribution in [2.24, 2.45) is 22.7 Å². The van der Waals surface area contributed by atoms with Crippen LogP contribution < -0.4 is 0 Å². The summed E-state index contributed by atoms with van der Waals surface area (Å²) in [5.41, 5.74) is 0.461. The summed E-state index contributed by atoms with van der Waals surface area (Å²) in [5, 5.41) is 0. The Morgan fingerprint density at radius 2 is 1.65 bits per heavy atom. The summed E-state index contributed by atoms with van der Waals surface area (Å²) in [7, 11) is 2.64. The quantitative estimate of drug-likeness (QED) is 0.452. The van der Waals surface area contributed by atoms with E-state index in [0.717, 1.165) is 11.1 Å². The van der Waals surface area contributed by atoms with Crippen molar-refractivity contribution in [3.05, 3.63) is 23.3 Å². The lowest BCUT2D eigenvalue weighted by atomic mass is 9.62. The summed E-state index contributed by atoms with van der Waals surface area (Å²) in [4.78, 5) is 24.8. The third kappa shape index (κ3) is 1.42. The number of carbonyl (C=O) groups is 2. The zero-order chi connectivity index (χ0) is 15.3. The number of ether oxygens (including phenoxy) is 2. The standard InChI is InChI=1S/C16H22O4/c1-7-8-15(4)11-10(9(2)3)16(12(11)15,13(17)19-5)14(18)20-6/h7-8,11-12H,1-6H3/b8-7-/t11-,12+,15-/m0/s1. The van der Waals surface area contributed by atoms with Gasteiger partial charge >= 0.3 is 11.9 Å². The maximum atomic E-state index is 12.4. The smallest absolute Gasteiger partial charge is 0.327 e. The van der Waals surface area contributed by atoms with E-state index >= 15 is 0 Å². The Morgan fingerprint density at radius 1 is 1.15 bits per heavy atom. The molecule has 0 N–H and O–H groups in total. The zero-order valence-corrected chi connectivity index (χ0v) is 12.9. The van der Waals surface area contributed by atoms with E-state index in [1.54, 1.807) is 0 Å². The monoisotopic (exact) mass is 278 g/mol. The highest BCUT2D eigenvalue weighted by molar-refractivity contribution is 6.08. The number of esters is 2. The Bertz CT molecular complexity index is 509. The van der Waals surface area contributed by atoms with E-state index in [1.165, 1.54) is 14.2 Å². The van der Waals surface area contributed by atoms with Gasteiger partial charge in [-0.25, -0.2) is 0 Å². The fourth-order valence-electron chi connectivity index (χ4n) is 4.19. The molecule has 0 aromatic rings. The maximum Gasteiger partial charge on any atom is 0.327 e. The lowest BCUT2D eigenvalue weighted by Crippen LogP contribution is -2.51. The predicted molar refractivity (Wildman–Crippen MR) is 74.7 cm³/mol. The second-order valence-corrected chi connectivity index (χ2v) is 6.03. The highest BCUT2D eigenvalue weighted by atomic mass is 16.5. The molecule has 0 heterocycles. The van der Waals surface area contributed by atoms with Crippen LogP contribution in [0.5, 0.6) is 0 Å². The van der Waals surface area contributed by atoms with Crippen LogP contribution in [0.3, 0.4) is 0 Å². The lowest BCUT2D eigenvalue weighted by molar-refractivity contribution is -0.171. The van der Waals surface area contributed by atoms with Crippen LogP contribution in [0.2, 0.25) is 0 Å². The van der Waals surface area contributed by atoms with Gasteiger partial charge in [0.25, 0.3) is 0 Å². The number of rotatable bonds is 3. The van der Waals surface area contributed by atoms with Gasteiger partial charge in [0.2, 0.25) is 0 Å². The Labute approximate surface area is 119 Å². The van der Waals surface area contributed by atoms with Gasteiger partial charge in [0.1, 0.15) is 0 Å². The highest BCUT2D eigenvalue weighted by Crippen LogP contribution is 2.82. The van der Waals surface area contributed by atoms with Crippen molar-refractivity contribution in [2.75, 3.05) is 14.2 Å². The minimum absolute atomic E-state index is 0.0593. The molecule has 0 bridgehead atoms. The zero-order valence-electron chi connectivity index (χ0n) is 12.9. The summed E-state index contributed by atoms with van der Waals surface area (Å²) in [5.74, 6) is -0.831. The fourth-order valence-corrected chi connectivity index (χ4v) is 4.19. The first-order chi connectivity index (χ1) is 9.33. The first kappa shape index (κ1) is 14.8. The molecule has 2 saturated carbocycles. The topological polar surface area (TPSA) is 52.6 Å². The molecule has 0 aromatic carbocycles. The molecular weight excluding hydrogens is 256 g/mol. The molecular formula is C16H22O4. The second-order valence-electron chi connectivity index (χ2n) is 6.03. The van der Waals surface area contributed by atoms with Crippen LogP contribution in [0.25, 0.3) is 0 Å². The summed E-state index contributed by atoms with van der Waals surface area (Å²) < 4.78 is 9.86. The molecule has 20 heavy (non-hydrogen) atoms. The molecule has 2 aliphatic rings. The average molecular weight is 278 g/mol. The van der Waals surface area contributed by atoms with Gasteiger partial charge in [-0.3, -0.25) is 9.59 Å². The molecule has 4 heteroatoms.